The average molecular weight is 303 g/mol. The van der Waals surface area contributed by atoms with Gasteiger partial charge in [0.15, 0.2) is 0 Å². The maximum absolute atomic E-state index is 13.7. The Labute approximate surface area is 120 Å². The van der Waals surface area contributed by atoms with Crippen molar-refractivity contribution < 1.29 is 22.4 Å². The SMILES string of the molecule is CN(CC1CCCC1)C(=O)c1cc(C(F)(F)F)ccc1F. The van der Waals surface area contributed by atoms with Gasteiger partial charge < -0.3 is 4.90 Å². The Morgan fingerprint density at radius 1 is 1.29 bits per heavy atom. The first-order valence-corrected chi connectivity index (χ1v) is 6.91. The van der Waals surface area contributed by atoms with Crippen LogP contribution in [0.25, 0.3) is 0 Å². The molecule has 1 aliphatic carbocycles. The van der Waals surface area contributed by atoms with E-state index in [1.165, 1.54) is 11.9 Å². The van der Waals surface area contributed by atoms with E-state index in [0.717, 1.165) is 25.7 Å². The third-order valence-electron chi connectivity index (χ3n) is 3.88. The van der Waals surface area contributed by atoms with E-state index in [-0.39, 0.29) is 0 Å². The van der Waals surface area contributed by atoms with Crippen molar-refractivity contribution in [3.8, 4) is 0 Å². The average Bonchev–Trinajstić information content (AvgIpc) is 2.90. The molecule has 6 heteroatoms. The van der Waals surface area contributed by atoms with Crippen LogP contribution in [0.4, 0.5) is 17.6 Å². The van der Waals surface area contributed by atoms with Crippen molar-refractivity contribution in [2.24, 2.45) is 5.92 Å². The molecule has 21 heavy (non-hydrogen) atoms. The predicted octanol–water partition coefficient (Wildman–Crippen LogP) is 4.11. The maximum Gasteiger partial charge on any atom is 0.416 e. The first-order chi connectivity index (χ1) is 9.79. The summed E-state index contributed by atoms with van der Waals surface area (Å²) in [7, 11) is 1.50. The molecule has 0 atom stereocenters. The van der Waals surface area contributed by atoms with Gasteiger partial charge >= 0.3 is 6.18 Å². The molecule has 0 unspecified atom stereocenters. The summed E-state index contributed by atoms with van der Waals surface area (Å²) in [6, 6.07) is 1.92. The lowest BCUT2D eigenvalue weighted by Gasteiger charge is -2.21. The van der Waals surface area contributed by atoms with Crippen LogP contribution in [0.5, 0.6) is 0 Å². The van der Waals surface area contributed by atoms with Crippen molar-refractivity contribution in [1.82, 2.24) is 4.90 Å². The van der Waals surface area contributed by atoms with Gasteiger partial charge in [-0.05, 0) is 37.0 Å². The fourth-order valence-electron chi connectivity index (χ4n) is 2.73. The Morgan fingerprint density at radius 3 is 2.48 bits per heavy atom. The van der Waals surface area contributed by atoms with Gasteiger partial charge in [-0.3, -0.25) is 4.79 Å². The molecule has 0 saturated heterocycles. The van der Waals surface area contributed by atoms with Crippen LogP contribution < -0.4 is 0 Å². The molecule has 0 spiro atoms. The highest BCUT2D eigenvalue weighted by Crippen LogP contribution is 2.31. The number of benzene rings is 1. The summed E-state index contributed by atoms with van der Waals surface area (Å²) < 4.78 is 51.6. The minimum absolute atomic E-state index is 0.354. The van der Waals surface area contributed by atoms with Gasteiger partial charge in [0.1, 0.15) is 5.82 Å². The van der Waals surface area contributed by atoms with E-state index in [9.17, 15) is 22.4 Å². The van der Waals surface area contributed by atoms with Crippen LogP contribution in [0.3, 0.4) is 0 Å². The summed E-state index contributed by atoms with van der Waals surface area (Å²) in [4.78, 5) is 13.5. The number of hydrogen-bond acceptors (Lipinski definition) is 1. The first-order valence-electron chi connectivity index (χ1n) is 6.91. The Bertz CT molecular complexity index is 521. The molecule has 1 aromatic rings. The molecule has 116 valence electrons. The lowest BCUT2D eigenvalue weighted by Crippen LogP contribution is -2.32. The van der Waals surface area contributed by atoms with Gasteiger partial charge in [-0.1, -0.05) is 12.8 Å². The van der Waals surface area contributed by atoms with Crippen molar-refractivity contribution in [1.29, 1.82) is 0 Å². The number of amides is 1. The maximum atomic E-state index is 13.7. The third kappa shape index (κ3) is 3.74. The second-order valence-corrected chi connectivity index (χ2v) is 5.53. The van der Waals surface area contributed by atoms with Crippen LogP contribution >= 0.6 is 0 Å². The van der Waals surface area contributed by atoms with Crippen LogP contribution in [0.1, 0.15) is 41.6 Å². The Kier molecular flexibility index (Phi) is 4.54. The number of carbonyl (C=O) groups excluding carboxylic acids is 1. The summed E-state index contributed by atoms with van der Waals surface area (Å²) in [5.74, 6) is -1.27. The van der Waals surface area contributed by atoms with E-state index in [0.29, 0.717) is 30.7 Å². The number of carbonyl (C=O) groups is 1. The quantitative estimate of drug-likeness (QED) is 0.770. The molecular weight excluding hydrogens is 286 g/mol. The fraction of sp³-hybridized carbons (Fsp3) is 0.533. The molecule has 0 aromatic heterocycles. The summed E-state index contributed by atoms with van der Waals surface area (Å²) >= 11 is 0. The fourth-order valence-corrected chi connectivity index (χ4v) is 2.73. The summed E-state index contributed by atoms with van der Waals surface area (Å²) in [6.45, 7) is 0.453. The van der Waals surface area contributed by atoms with Crippen LogP contribution in [0.15, 0.2) is 18.2 Å². The van der Waals surface area contributed by atoms with Crippen molar-refractivity contribution in [2.45, 2.75) is 31.9 Å². The number of rotatable bonds is 3. The third-order valence-corrected chi connectivity index (χ3v) is 3.88. The number of halogens is 4. The van der Waals surface area contributed by atoms with E-state index in [4.69, 9.17) is 0 Å². The second-order valence-electron chi connectivity index (χ2n) is 5.53. The number of hydrogen-bond donors (Lipinski definition) is 0. The number of nitrogens with zero attached hydrogens (tertiary/aromatic N) is 1. The molecular formula is C15H17F4NO. The Morgan fingerprint density at radius 2 is 1.90 bits per heavy atom. The molecule has 0 heterocycles. The van der Waals surface area contributed by atoms with E-state index < -0.39 is 29.0 Å². The molecule has 1 aliphatic rings. The largest absolute Gasteiger partial charge is 0.416 e. The highest BCUT2D eigenvalue weighted by molar-refractivity contribution is 5.94. The zero-order valence-corrected chi connectivity index (χ0v) is 11.7. The van der Waals surface area contributed by atoms with Gasteiger partial charge in [0.25, 0.3) is 5.91 Å². The molecule has 2 rings (SSSR count). The molecule has 0 radical (unpaired) electrons. The Hall–Kier alpha value is -1.59. The summed E-state index contributed by atoms with van der Waals surface area (Å²) in [5, 5.41) is 0. The van der Waals surface area contributed by atoms with Gasteiger partial charge in [-0.2, -0.15) is 13.2 Å². The normalized spacial score (nSPS) is 16.2. The lowest BCUT2D eigenvalue weighted by atomic mass is 10.1. The molecule has 1 saturated carbocycles. The molecule has 0 aliphatic heterocycles. The summed E-state index contributed by atoms with van der Waals surface area (Å²) in [6.07, 6.45) is -0.382. The topological polar surface area (TPSA) is 20.3 Å². The zero-order valence-electron chi connectivity index (χ0n) is 11.7. The van der Waals surface area contributed by atoms with E-state index >= 15 is 0 Å². The van der Waals surface area contributed by atoms with E-state index in [1.54, 1.807) is 0 Å². The van der Waals surface area contributed by atoms with E-state index in [1.807, 2.05) is 0 Å². The minimum Gasteiger partial charge on any atom is -0.341 e. The Balaban J connectivity index is 2.17. The standard InChI is InChI=1S/C15H17F4NO/c1-20(9-10-4-2-3-5-10)14(21)12-8-11(15(17,18)19)6-7-13(12)16/h6-8,10H,2-5,9H2,1H3. The van der Waals surface area contributed by atoms with Crippen LogP contribution in [0, 0.1) is 11.7 Å². The molecule has 2 nitrogen and oxygen atoms in total. The van der Waals surface area contributed by atoms with Crippen LogP contribution in [-0.2, 0) is 6.18 Å². The monoisotopic (exact) mass is 303 g/mol. The first kappa shape index (κ1) is 15.8. The van der Waals surface area contributed by atoms with Crippen LogP contribution in [0.2, 0.25) is 0 Å². The predicted molar refractivity (Wildman–Crippen MR) is 70.3 cm³/mol. The van der Waals surface area contributed by atoms with Crippen molar-refractivity contribution >= 4 is 5.91 Å². The molecule has 1 amide bonds. The minimum atomic E-state index is -4.59. The van der Waals surface area contributed by atoms with Crippen LogP contribution in [-0.4, -0.2) is 24.4 Å². The second kappa shape index (κ2) is 6.03. The zero-order chi connectivity index (χ0) is 15.6. The molecule has 1 fully saturated rings. The van der Waals surface area contributed by atoms with Gasteiger partial charge in [0.05, 0.1) is 11.1 Å². The van der Waals surface area contributed by atoms with E-state index in [2.05, 4.69) is 0 Å². The van der Waals surface area contributed by atoms with Crippen molar-refractivity contribution in [2.75, 3.05) is 13.6 Å². The molecule has 0 bridgehead atoms. The molecule has 1 aromatic carbocycles. The summed E-state index contributed by atoms with van der Waals surface area (Å²) in [5.41, 5.74) is -1.54. The van der Waals surface area contributed by atoms with Crippen molar-refractivity contribution in [3.05, 3.63) is 35.1 Å². The van der Waals surface area contributed by atoms with Gasteiger partial charge in [0, 0.05) is 13.6 Å². The van der Waals surface area contributed by atoms with Gasteiger partial charge in [-0.25, -0.2) is 4.39 Å². The highest BCUT2D eigenvalue weighted by atomic mass is 19.4. The van der Waals surface area contributed by atoms with Gasteiger partial charge in [0.2, 0.25) is 0 Å². The smallest absolute Gasteiger partial charge is 0.341 e. The van der Waals surface area contributed by atoms with Gasteiger partial charge in [-0.15, -0.1) is 0 Å². The molecule has 0 N–H and O–H groups in total. The van der Waals surface area contributed by atoms with Crippen molar-refractivity contribution in [3.63, 3.8) is 0 Å². The lowest BCUT2D eigenvalue weighted by molar-refractivity contribution is -0.137. The highest BCUT2D eigenvalue weighted by Gasteiger charge is 2.32. The number of alkyl halides is 3.